The number of halogens is 2. The van der Waals surface area contributed by atoms with Gasteiger partial charge in [-0.05, 0) is 55.0 Å². The quantitative estimate of drug-likeness (QED) is 0.715. The van der Waals surface area contributed by atoms with Crippen LogP contribution in [0.5, 0.6) is 0 Å². The second-order valence-electron chi connectivity index (χ2n) is 5.77. The zero-order chi connectivity index (χ0) is 18.5. The van der Waals surface area contributed by atoms with Gasteiger partial charge in [-0.15, -0.1) is 0 Å². The molecule has 0 saturated heterocycles. The third-order valence-electron chi connectivity index (χ3n) is 3.71. The third-order valence-corrected chi connectivity index (χ3v) is 3.71. The van der Waals surface area contributed by atoms with E-state index in [9.17, 15) is 13.6 Å². The molecule has 132 valence electrons. The molecule has 0 bridgehead atoms. The zero-order valence-corrected chi connectivity index (χ0v) is 14.2. The molecule has 0 aliphatic carbocycles. The number of benzene rings is 2. The maximum absolute atomic E-state index is 13.2. The zero-order valence-electron chi connectivity index (χ0n) is 14.2. The van der Waals surface area contributed by atoms with E-state index in [0.717, 1.165) is 0 Å². The van der Waals surface area contributed by atoms with Crippen molar-refractivity contribution in [1.29, 1.82) is 0 Å². The molecular weight excluding hydrogens is 336 g/mol. The van der Waals surface area contributed by atoms with Crippen LogP contribution in [-0.2, 0) is 4.79 Å². The number of carbonyl (C=O) groups is 1. The predicted molar refractivity (Wildman–Crippen MR) is 96.4 cm³/mol. The fourth-order valence-electron chi connectivity index (χ4n) is 2.44. The summed E-state index contributed by atoms with van der Waals surface area (Å²) in [5.74, 6) is -0.171. The van der Waals surface area contributed by atoms with Crippen LogP contribution in [0.15, 0.2) is 54.6 Å². The highest BCUT2D eigenvalue weighted by Crippen LogP contribution is 2.25. The molecule has 0 saturated carbocycles. The number of aromatic nitrogens is 2. The summed E-state index contributed by atoms with van der Waals surface area (Å²) in [6.07, 6.45) is 1.09. The molecule has 2 aromatic carbocycles. The summed E-state index contributed by atoms with van der Waals surface area (Å²) in [7, 11) is 0. The van der Waals surface area contributed by atoms with Crippen LogP contribution in [0, 0.1) is 11.6 Å². The van der Waals surface area contributed by atoms with Gasteiger partial charge in [0, 0.05) is 23.6 Å². The lowest BCUT2D eigenvalue weighted by Gasteiger charge is -2.10. The van der Waals surface area contributed by atoms with Crippen LogP contribution < -0.4 is 5.32 Å². The molecule has 1 N–H and O–H groups in total. The van der Waals surface area contributed by atoms with Gasteiger partial charge in [0.15, 0.2) is 5.82 Å². The van der Waals surface area contributed by atoms with Crippen molar-refractivity contribution in [2.45, 2.75) is 19.8 Å². The molecule has 0 aliphatic rings. The van der Waals surface area contributed by atoms with E-state index in [0.29, 0.717) is 41.3 Å². The summed E-state index contributed by atoms with van der Waals surface area (Å²) >= 11 is 0. The Labute approximate surface area is 149 Å². The average molecular weight is 353 g/mol. The lowest BCUT2D eigenvalue weighted by atomic mass is 10.1. The van der Waals surface area contributed by atoms with Gasteiger partial charge in [0.2, 0.25) is 5.91 Å². The Kier molecular flexibility index (Phi) is 5.31. The third kappa shape index (κ3) is 4.27. The van der Waals surface area contributed by atoms with Gasteiger partial charge in [0.1, 0.15) is 17.5 Å². The number of nitrogens with zero attached hydrogens (tertiary/aromatic N) is 2. The predicted octanol–water partition coefficient (Wildman–Crippen LogP) is 4.83. The van der Waals surface area contributed by atoms with Crippen molar-refractivity contribution >= 4 is 11.7 Å². The van der Waals surface area contributed by atoms with Gasteiger partial charge in [-0.2, -0.15) is 0 Å². The molecule has 4 nitrogen and oxygen atoms in total. The Morgan fingerprint density at radius 1 is 0.923 bits per heavy atom. The second kappa shape index (κ2) is 7.82. The maximum atomic E-state index is 13.2. The van der Waals surface area contributed by atoms with Gasteiger partial charge < -0.3 is 5.32 Å². The first kappa shape index (κ1) is 17.7. The van der Waals surface area contributed by atoms with Crippen LogP contribution in [0.25, 0.3) is 22.6 Å². The summed E-state index contributed by atoms with van der Waals surface area (Å²) in [6.45, 7) is 1.91. The van der Waals surface area contributed by atoms with Crippen molar-refractivity contribution in [2.75, 3.05) is 5.32 Å². The Morgan fingerprint density at radius 2 is 1.50 bits per heavy atom. The van der Waals surface area contributed by atoms with E-state index >= 15 is 0 Å². The van der Waals surface area contributed by atoms with Crippen LogP contribution in [-0.4, -0.2) is 15.9 Å². The standard InChI is InChI=1S/C20H17F2N3O/c1-2-3-19(26)24-18-12-17(13-4-8-15(21)9-5-13)23-20(25-18)14-6-10-16(22)11-7-14/h4-12H,2-3H2,1H3,(H,23,24,25,26). The summed E-state index contributed by atoms with van der Waals surface area (Å²) in [5.41, 5.74) is 1.83. The lowest BCUT2D eigenvalue weighted by Crippen LogP contribution is -2.12. The van der Waals surface area contributed by atoms with Crippen molar-refractivity contribution in [3.63, 3.8) is 0 Å². The molecule has 1 heterocycles. The van der Waals surface area contributed by atoms with E-state index in [1.54, 1.807) is 30.3 Å². The van der Waals surface area contributed by atoms with E-state index in [1.807, 2.05) is 6.92 Å². The van der Waals surface area contributed by atoms with Crippen molar-refractivity contribution in [1.82, 2.24) is 9.97 Å². The van der Waals surface area contributed by atoms with E-state index in [4.69, 9.17) is 0 Å². The Bertz CT molecular complexity index is 846. The molecule has 0 fully saturated rings. The topological polar surface area (TPSA) is 54.9 Å². The molecule has 3 rings (SSSR count). The lowest BCUT2D eigenvalue weighted by molar-refractivity contribution is -0.116. The minimum atomic E-state index is -0.361. The van der Waals surface area contributed by atoms with Gasteiger partial charge in [-0.1, -0.05) is 6.92 Å². The minimum Gasteiger partial charge on any atom is -0.311 e. The number of carbonyl (C=O) groups excluding carboxylic acids is 1. The summed E-state index contributed by atoms with van der Waals surface area (Å²) in [4.78, 5) is 20.8. The molecule has 1 amide bonds. The largest absolute Gasteiger partial charge is 0.311 e. The minimum absolute atomic E-state index is 0.152. The molecular formula is C20H17F2N3O. The molecule has 6 heteroatoms. The summed E-state index contributed by atoms with van der Waals surface area (Å²) in [6, 6.07) is 13.3. The van der Waals surface area contributed by atoms with Gasteiger partial charge in [0.25, 0.3) is 0 Å². The van der Waals surface area contributed by atoms with Crippen LogP contribution in [0.3, 0.4) is 0 Å². The van der Waals surface area contributed by atoms with Crippen LogP contribution in [0.1, 0.15) is 19.8 Å². The highest BCUT2D eigenvalue weighted by Gasteiger charge is 2.11. The second-order valence-corrected chi connectivity index (χ2v) is 5.77. The SMILES string of the molecule is CCCC(=O)Nc1cc(-c2ccc(F)cc2)nc(-c2ccc(F)cc2)n1. The van der Waals surface area contributed by atoms with E-state index in [1.165, 1.54) is 24.3 Å². The molecule has 1 aromatic heterocycles. The smallest absolute Gasteiger partial charge is 0.225 e. The van der Waals surface area contributed by atoms with Gasteiger partial charge in [-0.3, -0.25) is 4.79 Å². The molecule has 3 aromatic rings. The molecule has 0 spiro atoms. The number of anilines is 1. The molecule has 0 radical (unpaired) electrons. The summed E-state index contributed by atoms with van der Waals surface area (Å²) < 4.78 is 26.4. The monoisotopic (exact) mass is 353 g/mol. The normalized spacial score (nSPS) is 10.6. The number of rotatable bonds is 5. The van der Waals surface area contributed by atoms with Gasteiger partial charge in [0.05, 0.1) is 5.69 Å². The first-order valence-electron chi connectivity index (χ1n) is 8.26. The maximum Gasteiger partial charge on any atom is 0.225 e. The molecule has 0 aliphatic heterocycles. The Morgan fingerprint density at radius 3 is 2.08 bits per heavy atom. The first-order chi connectivity index (χ1) is 12.5. The number of nitrogens with one attached hydrogen (secondary N) is 1. The van der Waals surface area contributed by atoms with Gasteiger partial charge in [-0.25, -0.2) is 18.7 Å². The van der Waals surface area contributed by atoms with Crippen LogP contribution >= 0.6 is 0 Å². The van der Waals surface area contributed by atoms with Gasteiger partial charge >= 0.3 is 0 Å². The number of hydrogen-bond donors (Lipinski definition) is 1. The van der Waals surface area contributed by atoms with Crippen molar-refractivity contribution < 1.29 is 13.6 Å². The van der Waals surface area contributed by atoms with Crippen molar-refractivity contribution in [3.05, 3.63) is 66.2 Å². The molecule has 0 unspecified atom stereocenters. The first-order valence-corrected chi connectivity index (χ1v) is 8.26. The van der Waals surface area contributed by atoms with Crippen molar-refractivity contribution in [2.24, 2.45) is 0 Å². The molecule has 26 heavy (non-hydrogen) atoms. The fourth-order valence-corrected chi connectivity index (χ4v) is 2.44. The van der Waals surface area contributed by atoms with Crippen molar-refractivity contribution in [3.8, 4) is 22.6 Å². The molecule has 0 atom stereocenters. The fraction of sp³-hybridized carbons (Fsp3) is 0.150. The Hall–Kier alpha value is -3.15. The van der Waals surface area contributed by atoms with Crippen LogP contribution in [0.4, 0.5) is 14.6 Å². The highest BCUT2D eigenvalue weighted by molar-refractivity contribution is 5.90. The average Bonchev–Trinajstić information content (AvgIpc) is 2.63. The van der Waals surface area contributed by atoms with Crippen LogP contribution in [0.2, 0.25) is 0 Å². The number of hydrogen-bond acceptors (Lipinski definition) is 3. The number of amides is 1. The van der Waals surface area contributed by atoms with E-state index in [2.05, 4.69) is 15.3 Å². The highest BCUT2D eigenvalue weighted by atomic mass is 19.1. The summed E-state index contributed by atoms with van der Waals surface area (Å²) in [5, 5.41) is 2.75. The van der Waals surface area contributed by atoms with E-state index < -0.39 is 0 Å². The Balaban J connectivity index is 2.05. The van der Waals surface area contributed by atoms with E-state index in [-0.39, 0.29) is 17.5 Å².